The molecule has 0 radical (unpaired) electrons. The SMILES string of the molecule is CC(=O)c1ccc(NC(=O)COC(=O)CCOc2ccccc2C)cc1. The quantitative estimate of drug-likeness (QED) is 0.581. The highest BCUT2D eigenvalue weighted by Crippen LogP contribution is 2.16. The third-order valence-electron chi connectivity index (χ3n) is 3.60. The molecule has 0 heterocycles. The number of esters is 1. The Kier molecular flexibility index (Phi) is 6.91. The van der Waals surface area contributed by atoms with E-state index in [1.54, 1.807) is 24.3 Å². The zero-order valence-electron chi connectivity index (χ0n) is 14.8. The number of hydrogen-bond acceptors (Lipinski definition) is 5. The van der Waals surface area contributed by atoms with Crippen LogP contribution in [-0.2, 0) is 14.3 Å². The molecular formula is C20H21NO5. The summed E-state index contributed by atoms with van der Waals surface area (Å²) in [5, 5.41) is 2.59. The molecule has 2 rings (SSSR count). The summed E-state index contributed by atoms with van der Waals surface area (Å²) >= 11 is 0. The highest BCUT2D eigenvalue weighted by atomic mass is 16.5. The van der Waals surface area contributed by atoms with Crippen LogP contribution in [0.25, 0.3) is 0 Å². The molecule has 0 fully saturated rings. The molecule has 0 unspecified atom stereocenters. The largest absolute Gasteiger partial charge is 0.493 e. The van der Waals surface area contributed by atoms with Crippen LogP contribution in [0.4, 0.5) is 5.69 Å². The molecule has 0 atom stereocenters. The van der Waals surface area contributed by atoms with Gasteiger partial charge in [0.15, 0.2) is 12.4 Å². The number of ketones is 1. The van der Waals surface area contributed by atoms with E-state index in [1.807, 2.05) is 31.2 Å². The minimum Gasteiger partial charge on any atom is -0.493 e. The maximum atomic E-state index is 11.8. The summed E-state index contributed by atoms with van der Waals surface area (Å²) in [7, 11) is 0. The molecule has 2 aromatic rings. The number of rotatable bonds is 8. The molecule has 0 saturated heterocycles. The van der Waals surface area contributed by atoms with Crippen LogP contribution in [0.1, 0.15) is 29.3 Å². The first-order valence-corrected chi connectivity index (χ1v) is 8.20. The molecule has 0 aliphatic carbocycles. The lowest BCUT2D eigenvalue weighted by molar-refractivity contribution is -0.147. The summed E-state index contributed by atoms with van der Waals surface area (Å²) in [6.45, 7) is 3.19. The summed E-state index contributed by atoms with van der Waals surface area (Å²) < 4.78 is 10.4. The number of amides is 1. The molecule has 2 aromatic carbocycles. The van der Waals surface area contributed by atoms with Gasteiger partial charge in [-0.05, 0) is 49.7 Å². The first-order valence-electron chi connectivity index (χ1n) is 8.20. The Morgan fingerprint density at radius 2 is 1.69 bits per heavy atom. The Balaban J connectivity index is 1.69. The number of aryl methyl sites for hydroxylation is 1. The fourth-order valence-corrected chi connectivity index (χ4v) is 2.17. The average molecular weight is 355 g/mol. The molecule has 0 saturated carbocycles. The second-order valence-electron chi connectivity index (χ2n) is 5.71. The van der Waals surface area contributed by atoms with Crippen molar-refractivity contribution >= 4 is 23.3 Å². The summed E-state index contributed by atoms with van der Waals surface area (Å²) in [6, 6.07) is 14.0. The van der Waals surface area contributed by atoms with Crippen molar-refractivity contribution in [2.24, 2.45) is 0 Å². The van der Waals surface area contributed by atoms with Gasteiger partial charge in [0.2, 0.25) is 0 Å². The molecule has 0 spiro atoms. The first kappa shape index (κ1) is 19.2. The Hall–Kier alpha value is -3.15. The zero-order valence-corrected chi connectivity index (χ0v) is 14.8. The number of hydrogen-bond donors (Lipinski definition) is 1. The number of ether oxygens (including phenoxy) is 2. The lowest BCUT2D eigenvalue weighted by Crippen LogP contribution is -2.21. The fraction of sp³-hybridized carbons (Fsp3) is 0.250. The van der Waals surface area contributed by atoms with Crippen molar-refractivity contribution in [2.45, 2.75) is 20.3 Å². The van der Waals surface area contributed by atoms with E-state index in [0.717, 1.165) is 5.56 Å². The number of nitrogens with one attached hydrogen (secondary N) is 1. The van der Waals surface area contributed by atoms with Gasteiger partial charge in [0.05, 0.1) is 13.0 Å². The number of Topliss-reactive ketones (excluding diaryl/α,β-unsaturated/α-hetero) is 1. The van der Waals surface area contributed by atoms with Crippen molar-refractivity contribution in [1.29, 1.82) is 0 Å². The van der Waals surface area contributed by atoms with Crippen LogP contribution in [0.5, 0.6) is 5.75 Å². The topological polar surface area (TPSA) is 81.7 Å². The predicted octanol–water partition coefficient (Wildman–Crippen LogP) is 3.15. The second kappa shape index (κ2) is 9.36. The van der Waals surface area contributed by atoms with Crippen molar-refractivity contribution in [3.8, 4) is 5.75 Å². The van der Waals surface area contributed by atoms with Crippen LogP contribution in [0.3, 0.4) is 0 Å². The van der Waals surface area contributed by atoms with Gasteiger partial charge in [0.1, 0.15) is 5.75 Å². The number of anilines is 1. The smallest absolute Gasteiger partial charge is 0.309 e. The van der Waals surface area contributed by atoms with Gasteiger partial charge in [0.25, 0.3) is 5.91 Å². The Morgan fingerprint density at radius 1 is 1.00 bits per heavy atom. The van der Waals surface area contributed by atoms with Crippen LogP contribution < -0.4 is 10.1 Å². The molecule has 0 aliphatic rings. The number of carbonyl (C=O) groups is 3. The number of carbonyl (C=O) groups excluding carboxylic acids is 3. The van der Waals surface area contributed by atoms with Gasteiger partial charge in [-0.15, -0.1) is 0 Å². The van der Waals surface area contributed by atoms with Crippen molar-refractivity contribution in [1.82, 2.24) is 0 Å². The summed E-state index contributed by atoms with van der Waals surface area (Å²) in [4.78, 5) is 34.7. The fourth-order valence-electron chi connectivity index (χ4n) is 2.17. The molecule has 0 aliphatic heterocycles. The maximum Gasteiger partial charge on any atom is 0.309 e. The minimum atomic E-state index is -0.513. The van der Waals surface area contributed by atoms with Gasteiger partial charge in [0, 0.05) is 11.3 Å². The lowest BCUT2D eigenvalue weighted by atomic mass is 10.1. The second-order valence-corrected chi connectivity index (χ2v) is 5.71. The predicted molar refractivity (Wildman–Crippen MR) is 97.3 cm³/mol. The Bertz CT molecular complexity index is 783. The van der Waals surface area contributed by atoms with E-state index in [4.69, 9.17) is 9.47 Å². The summed E-state index contributed by atoms with van der Waals surface area (Å²) in [5.74, 6) is -0.300. The van der Waals surface area contributed by atoms with Gasteiger partial charge in [-0.2, -0.15) is 0 Å². The van der Waals surface area contributed by atoms with E-state index in [1.165, 1.54) is 6.92 Å². The summed E-state index contributed by atoms with van der Waals surface area (Å²) in [5.41, 5.74) is 2.07. The molecule has 6 nitrogen and oxygen atoms in total. The van der Waals surface area contributed by atoms with E-state index in [2.05, 4.69) is 5.32 Å². The van der Waals surface area contributed by atoms with Crippen LogP contribution >= 0.6 is 0 Å². The van der Waals surface area contributed by atoms with Crippen LogP contribution in [-0.4, -0.2) is 30.9 Å². The molecule has 0 aromatic heterocycles. The minimum absolute atomic E-state index is 0.0505. The maximum absolute atomic E-state index is 11.8. The zero-order chi connectivity index (χ0) is 18.9. The van der Waals surface area contributed by atoms with Crippen molar-refractivity contribution in [3.63, 3.8) is 0 Å². The Morgan fingerprint density at radius 3 is 2.35 bits per heavy atom. The molecule has 0 bridgehead atoms. The van der Waals surface area contributed by atoms with Gasteiger partial charge in [-0.1, -0.05) is 18.2 Å². The normalized spacial score (nSPS) is 10.1. The number of benzene rings is 2. The van der Waals surface area contributed by atoms with Gasteiger partial charge >= 0.3 is 5.97 Å². The molecular weight excluding hydrogens is 334 g/mol. The molecule has 1 amide bonds. The third-order valence-corrected chi connectivity index (χ3v) is 3.60. The van der Waals surface area contributed by atoms with Crippen molar-refractivity contribution in [3.05, 3.63) is 59.7 Å². The van der Waals surface area contributed by atoms with Crippen LogP contribution in [0, 0.1) is 6.92 Å². The molecule has 26 heavy (non-hydrogen) atoms. The molecule has 136 valence electrons. The molecule has 1 N–H and O–H groups in total. The average Bonchev–Trinajstić information content (AvgIpc) is 2.62. The van der Waals surface area contributed by atoms with E-state index in [-0.39, 0.29) is 25.4 Å². The molecule has 6 heteroatoms. The highest BCUT2D eigenvalue weighted by Gasteiger charge is 2.09. The van der Waals surface area contributed by atoms with Gasteiger partial charge in [-0.25, -0.2) is 0 Å². The Labute approximate surface area is 152 Å². The van der Waals surface area contributed by atoms with E-state index >= 15 is 0 Å². The summed E-state index contributed by atoms with van der Waals surface area (Å²) in [6.07, 6.45) is 0.0505. The van der Waals surface area contributed by atoms with E-state index in [9.17, 15) is 14.4 Å². The van der Waals surface area contributed by atoms with Crippen molar-refractivity contribution < 1.29 is 23.9 Å². The van der Waals surface area contributed by atoms with Gasteiger partial charge < -0.3 is 14.8 Å². The standard InChI is InChI=1S/C20H21NO5/c1-14-5-3-4-6-18(14)25-12-11-20(24)26-13-19(23)21-17-9-7-16(8-10-17)15(2)22/h3-10H,11-13H2,1-2H3,(H,21,23). The monoisotopic (exact) mass is 355 g/mol. The third kappa shape index (κ3) is 6.05. The van der Waals surface area contributed by atoms with E-state index in [0.29, 0.717) is 17.0 Å². The van der Waals surface area contributed by atoms with Gasteiger partial charge in [-0.3, -0.25) is 14.4 Å². The highest BCUT2D eigenvalue weighted by molar-refractivity contribution is 5.96. The van der Waals surface area contributed by atoms with E-state index < -0.39 is 11.9 Å². The van der Waals surface area contributed by atoms with Crippen LogP contribution in [0.2, 0.25) is 0 Å². The lowest BCUT2D eigenvalue weighted by Gasteiger charge is -2.09. The van der Waals surface area contributed by atoms with Crippen molar-refractivity contribution in [2.75, 3.05) is 18.5 Å². The van der Waals surface area contributed by atoms with Crippen LogP contribution in [0.15, 0.2) is 48.5 Å². The first-order chi connectivity index (χ1) is 12.5. The number of para-hydroxylation sites is 1.